The van der Waals surface area contributed by atoms with Crippen LogP contribution in [0.1, 0.15) is 42.4 Å². The first-order valence-electron chi connectivity index (χ1n) is 9.66. The first kappa shape index (κ1) is 20.0. The summed E-state index contributed by atoms with van der Waals surface area (Å²) in [6, 6.07) is 3.91. The second-order valence-corrected chi connectivity index (χ2v) is 7.74. The number of esters is 1. The molecule has 1 aromatic rings. The standard InChI is InChI=1S/C21H26N2O5/c1-12-8-13(2)19(14(3)9-12)22-17(24)11-28-18(25)10-23-20(26)15-6-4-5-7-16(15)21(23)27/h8-9,15-16H,4-7,10-11H2,1-3H3,(H,22,24)/t15-,16-/m1/s1. The molecule has 2 atom stereocenters. The SMILES string of the molecule is Cc1cc(C)c(NC(=O)COC(=O)CN2C(=O)[C@@H]3CCCC[C@H]3C2=O)c(C)c1. The van der Waals surface area contributed by atoms with E-state index < -0.39 is 25.0 Å². The minimum absolute atomic E-state index is 0.290. The normalized spacial score (nSPS) is 21.5. The third-order valence-corrected chi connectivity index (χ3v) is 5.53. The second kappa shape index (κ2) is 8.12. The van der Waals surface area contributed by atoms with Crippen LogP contribution >= 0.6 is 0 Å². The molecule has 2 fully saturated rings. The highest BCUT2D eigenvalue weighted by molar-refractivity contribution is 6.07. The van der Waals surface area contributed by atoms with E-state index in [0.29, 0.717) is 18.5 Å². The van der Waals surface area contributed by atoms with Crippen LogP contribution < -0.4 is 5.32 Å². The van der Waals surface area contributed by atoms with Crippen LogP contribution in [0.2, 0.25) is 0 Å². The van der Waals surface area contributed by atoms with E-state index in [1.807, 2.05) is 32.9 Å². The smallest absolute Gasteiger partial charge is 0.326 e. The van der Waals surface area contributed by atoms with E-state index in [9.17, 15) is 19.2 Å². The fourth-order valence-electron chi connectivity index (χ4n) is 4.26. The molecule has 0 bridgehead atoms. The lowest BCUT2D eigenvalue weighted by Crippen LogP contribution is -2.37. The molecule has 1 saturated carbocycles. The molecule has 1 N–H and O–H groups in total. The Balaban J connectivity index is 1.52. The summed E-state index contributed by atoms with van der Waals surface area (Å²) in [4.78, 5) is 50.0. The molecule has 0 radical (unpaired) electrons. The van der Waals surface area contributed by atoms with Crippen molar-refractivity contribution in [2.75, 3.05) is 18.5 Å². The first-order chi connectivity index (χ1) is 13.3. The summed E-state index contributed by atoms with van der Waals surface area (Å²) >= 11 is 0. The number of hydrogen-bond acceptors (Lipinski definition) is 5. The van der Waals surface area contributed by atoms with Gasteiger partial charge in [-0.1, -0.05) is 30.5 Å². The van der Waals surface area contributed by atoms with Gasteiger partial charge >= 0.3 is 5.97 Å². The Labute approximate surface area is 164 Å². The highest BCUT2D eigenvalue weighted by atomic mass is 16.5. The minimum Gasteiger partial charge on any atom is -0.454 e. The molecule has 1 saturated heterocycles. The fraction of sp³-hybridized carbons (Fsp3) is 0.524. The van der Waals surface area contributed by atoms with Gasteiger partial charge in [-0.2, -0.15) is 0 Å². The number of nitrogens with one attached hydrogen (secondary N) is 1. The largest absolute Gasteiger partial charge is 0.454 e. The van der Waals surface area contributed by atoms with Crippen LogP contribution in [-0.2, 0) is 23.9 Å². The number of imide groups is 1. The fourth-order valence-corrected chi connectivity index (χ4v) is 4.26. The van der Waals surface area contributed by atoms with E-state index in [1.54, 1.807) is 0 Å². The molecule has 3 rings (SSSR count). The number of carbonyl (C=O) groups excluding carboxylic acids is 4. The molecule has 1 aromatic carbocycles. The van der Waals surface area contributed by atoms with Gasteiger partial charge in [0.25, 0.3) is 5.91 Å². The van der Waals surface area contributed by atoms with Gasteiger partial charge in [0.05, 0.1) is 11.8 Å². The van der Waals surface area contributed by atoms with E-state index >= 15 is 0 Å². The topological polar surface area (TPSA) is 92.8 Å². The molecular weight excluding hydrogens is 360 g/mol. The number of nitrogens with zero attached hydrogens (tertiary/aromatic N) is 1. The molecule has 0 aromatic heterocycles. The van der Waals surface area contributed by atoms with Crippen LogP contribution in [0.15, 0.2) is 12.1 Å². The van der Waals surface area contributed by atoms with Crippen LogP contribution in [0.3, 0.4) is 0 Å². The van der Waals surface area contributed by atoms with Crippen LogP contribution in [0.5, 0.6) is 0 Å². The van der Waals surface area contributed by atoms with Gasteiger partial charge in [-0.25, -0.2) is 0 Å². The van der Waals surface area contributed by atoms with Gasteiger partial charge in [0, 0.05) is 5.69 Å². The maximum atomic E-state index is 12.4. The van der Waals surface area contributed by atoms with Gasteiger partial charge in [-0.05, 0) is 44.7 Å². The Hall–Kier alpha value is -2.70. The number of likely N-dealkylation sites (tertiary alicyclic amines) is 1. The molecule has 0 unspecified atom stereocenters. The van der Waals surface area contributed by atoms with E-state index in [-0.39, 0.29) is 23.7 Å². The maximum absolute atomic E-state index is 12.4. The molecule has 28 heavy (non-hydrogen) atoms. The van der Waals surface area contributed by atoms with Gasteiger partial charge in [0.1, 0.15) is 6.54 Å². The van der Waals surface area contributed by atoms with E-state index in [2.05, 4.69) is 5.32 Å². The summed E-state index contributed by atoms with van der Waals surface area (Å²) in [7, 11) is 0. The number of rotatable bonds is 5. The van der Waals surface area contributed by atoms with Crippen molar-refractivity contribution in [2.45, 2.75) is 46.5 Å². The Morgan fingerprint density at radius 2 is 1.57 bits per heavy atom. The summed E-state index contributed by atoms with van der Waals surface area (Å²) in [6.45, 7) is 4.87. The summed E-state index contributed by atoms with van der Waals surface area (Å²) in [5.41, 5.74) is 3.64. The lowest BCUT2D eigenvalue weighted by Gasteiger charge is -2.19. The molecular formula is C21H26N2O5. The number of benzene rings is 1. The third kappa shape index (κ3) is 4.08. The number of carbonyl (C=O) groups is 4. The number of fused-ring (bicyclic) bond motifs is 1. The quantitative estimate of drug-likeness (QED) is 0.619. The van der Waals surface area contributed by atoms with Crippen molar-refractivity contribution >= 4 is 29.4 Å². The summed E-state index contributed by atoms with van der Waals surface area (Å²) in [6.07, 6.45) is 3.24. The highest BCUT2D eigenvalue weighted by Crippen LogP contribution is 2.37. The van der Waals surface area contributed by atoms with Gasteiger partial charge in [-0.15, -0.1) is 0 Å². The Bertz CT molecular complexity index is 785. The minimum atomic E-state index is -0.757. The summed E-state index contributed by atoms with van der Waals surface area (Å²) < 4.78 is 4.99. The van der Waals surface area contributed by atoms with Crippen LogP contribution in [0.25, 0.3) is 0 Å². The van der Waals surface area contributed by atoms with Crippen molar-refractivity contribution in [1.29, 1.82) is 0 Å². The van der Waals surface area contributed by atoms with Crippen molar-refractivity contribution in [3.8, 4) is 0 Å². The van der Waals surface area contributed by atoms with Crippen molar-refractivity contribution in [1.82, 2.24) is 4.90 Å². The number of anilines is 1. The average molecular weight is 386 g/mol. The van der Waals surface area contributed by atoms with Crippen LogP contribution in [0, 0.1) is 32.6 Å². The van der Waals surface area contributed by atoms with Gasteiger partial charge in [-0.3, -0.25) is 24.1 Å². The van der Waals surface area contributed by atoms with Crippen molar-refractivity contribution in [3.05, 3.63) is 28.8 Å². The van der Waals surface area contributed by atoms with Gasteiger partial charge in [0.2, 0.25) is 11.8 Å². The zero-order valence-electron chi connectivity index (χ0n) is 16.5. The molecule has 7 heteroatoms. The second-order valence-electron chi connectivity index (χ2n) is 7.74. The zero-order chi connectivity index (χ0) is 20.4. The Morgan fingerprint density at radius 3 is 2.11 bits per heavy atom. The van der Waals surface area contributed by atoms with Crippen molar-refractivity contribution in [3.63, 3.8) is 0 Å². The van der Waals surface area contributed by atoms with Gasteiger partial charge < -0.3 is 10.1 Å². The van der Waals surface area contributed by atoms with Gasteiger partial charge in [0.15, 0.2) is 6.61 Å². The molecule has 7 nitrogen and oxygen atoms in total. The van der Waals surface area contributed by atoms with E-state index in [0.717, 1.165) is 34.4 Å². The Morgan fingerprint density at radius 1 is 1.04 bits per heavy atom. The van der Waals surface area contributed by atoms with E-state index in [4.69, 9.17) is 4.74 Å². The number of ether oxygens (including phenoxy) is 1. The predicted molar refractivity (Wildman–Crippen MR) is 102 cm³/mol. The van der Waals surface area contributed by atoms with Crippen LogP contribution in [0.4, 0.5) is 5.69 Å². The van der Waals surface area contributed by atoms with Crippen LogP contribution in [-0.4, -0.2) is 41.7 Å². The van der Waals surface area contributed by atoms with Crippen molar-refractivity contribution < 1.29 is 23.9 Å². The summed E-state index contributed by atoms with van der Waals surface area (Å²) in [5.74, 6) is -2.40. The zero-order valence-corrected chi connectivity index (χ0v) is 16.5. The predicted octanol–water partition coefficient (Wildman–Crippen LogP) is 2.27. The lowest BCUT2D eigenvalue weighted by atomic mass is 9.81. The number of amides is 3. The lowest BCUT2D eigenvalue weighted by molar-refractivity contribution is -0.154. The molecule has 150 valence electrons. The number of aryl methyl sites for hydroxylation is 3. The molecule has 1 aliphatic heterocycles. The summed E-state index contributed by atoms with van der Waals surface area (Å²) in [5, 5.41) is 2.75. The molecule has 2 aliphatic rings. The first-order valence-corrected chi connectivity index (χ1v) is 9.66. The molecule has 1 heterocycles. The molecule has 3 amide bonds. The van der Waals surface area contributed by atoms with Crippen molar-refractivity contribution in [2.24, 2.45) is 11.8 Å². The maximum Gasteiger partial charge on any atom is 0.326 e. The third-order valence-electron chi connectivity index (χ3n) is 5.53. The molecule has 1 aliphatic carbocycles. The highest BCUT2D eigenvalue weighted by Gasteiger charge is 2.48. The monoisotopic (exact) mass is 386 g/mol. The van der Waals surface area contributed by atoms with E-state index in [1.165, 1.54) is 0 Å². The molecule has 0 spiro atoms. The Kier molecular flexibility index (Phi) is 5.82. The average Bonchev–Trinajstić information content (AvgIpc) is 2.88. The number of hydrogen-bond donors (Lipinski definition) is 1.